The SMILES string of the molecule is C[C@H]1OC[C@]2(c3cccc(F)c3F)N=C(N)[C@](C)(C#N)C[C@H]12. The van der Waals surface area contributed by atoms with Crippen LogP contribution in [-0.4, -0.2) is 18.5 Å². The van der Waals surface area contributed by atoms with Crippen LogP contribution in [-0.2, 0) is 10.3 Å². The number of fused-ring (bicyclic) bond motifs is 1. The van der Waals surface area contributed by atoms with Crippen LogP contribution >= 0.6 is 0 Å². The summed E-state index contributed by atoms with van der Waals surface area (Å²) < 4.78 is 33.7. The summed E-state index contributed by atoms with van der Waals surface area (Å²) in [5.41, 5.74) is 4.15. The van der Waals surface area contributed by atoms with Gasteiger partial charge in [0.2, 0.25) is 0 Å². The maximum absolute atomic E-state index is 14.3. The number of nitriles is 1. The van der Waals surface area contributed by atoms with Gasteiger partial charge in [0, 0.05) is 11.5 Å². The number of aliphatic imine (C=N–C) groups is 1. The summed E-state index contributed by atoms with van der Waals surface area (Å²) in [7, 11) is 0. The highest BCUT2D eigenvalue weighted by Gasteiger charge is 2.57. The number of nitrogens with two attached hydrogens (primary N) is 1. The highest BCUT2D eigenvalue weighted by molar-refractivity contribution is 5.90. The summed E-state index contributed by atoms with van der Waals surface area (Å²) >= 11 is 0. The Hall–Kier alpha value is -2.00. The fourth-order valence-corrected chi connectivity index (χ4v) is 3.48. The third-order valence-electron chi connectivity index (χ3n) is 4.92. The Balaban J connectivity index is 2.23. The monoisotopic (exact) mass is 305 g/mol. The third kappa shape index (κ3) is 1.85. The number of nitrogens with zero attached hydrogens (tertiary/aromatic N) is 2. The van der Waals surface area contributed by atoms with Gasteiger partial charge < -0.3 is 10.5 Å². The van der Waals surface area contributed by atoms with Crippen molar-refractivity contribution >= 4 is 5.84 Å². The van der Waals surface area contributed by atoms with E-state index in [1.165, 1.54) is 12.1 Å². The van der Waals surface area contributed by atoms with Crippen LogP contribution in [0.3, 0.4) is 0 Å². The molecular formula is C16H17F2N3O. The zero-order chi connectivity index (χ0) is 16.1. The first-order chi connectivity index (χ1) is 10.3. The molecule has 0 unspecified atom stereocenters. The first-order valence-electron chi connectivity index (χ1n) is 7.17. The lowest BCUT2D eigenvalue weighted by Gasteiger charge is -2.41. The minimum absolute atomic E-state index is 0.126. The molecule has 0 aromatic heterocycles. The van der Waals surface area contributed by atoms with Crippen molar-refractivity contribution < 1.29 is 13.5 Å². The van der Waals surface area contributed by atoms with Gasteiger partial charge in [-0.3, -0.25) is 4.99 Å². The first kappa shape index (κ1) is 14.9. The topological polar surface area (TPSA) is 71.4 Å². The van der Waals surface area contributed by atoms with Crippen LogP contribution in [0.4, 0.5) is 8.78 Å². The molecule has 4 nitrogen and oxygen atoms in total. The van der Waals surface area contributed by atoms with Crippen LogP contribution in [0.25, 0.3) is 0 Å². The zero-order valence-electron chi connectivity index (χ0n) is 12.4. The lowest BCUT2D eigenvalue weighted by atomic mass is 9.67. The highest BCUT2D eigenvalue weighted by Crippen LogP contribution is 2.51. The van der Waals surface area contributed by atoms with Gasteiger partial charge in [-0.05, 0) is 26.3 Å². The smallest absolute Gasteiger partial charge is 0.164 e. The summed E-state index contributed by atoms with van der Waals surface area (Å²) in [6.07, 6.45) is 0.183. The van der Waals surface area contributed by atoms with Crippen molar-refractivity contribution in [1.82, 2.24) is 0 Å². The van der Waals surface area contributed by atoms with Crippen LogP contribution in [0.15, 0.2) is 23.2 Å². The quantitative estimate of drug-likeness (QED) is 0.866. The molecule has 2 heterocycles. The minimum Gasteiger partial charge on any atom is -0.386 e. The summed E-state index contributed by atoms with van der Waals surface area (Å²) in [5, 5.41) is 9.39. The number of ether oxygens (including phenoxy) is 1. The van der Waals surface area contributed by atoms with E-state index in [4.69, 9.17) is 10.5 Å². The summed E-state index contributed by atoms with van der Waals surface area (Å²) in [6.45, 7) is 3.70. The molecular weight excluding hydrogens is 288 g/mol. The molecule has 2 N–H and O–H groups in total. The van der Waals surface area contributed by atoms with Crippen molar-refractivity contribution in [3.63, 3.8) is 0 Å². The molecule has 0 aliphatic carbocycles. The van der Waals surface area contributed by atoms with Crippen LogP contribution in [0.5, 0.6) is 0 Å². The molecule has 0 radical (unpaired) electrons. The molecule has 3 rings (SSSR count). The molecule has 0 bridgehead atoms. The molecule has 116 valence electrons. The number of hydrogen-bond acceptors (Lipinski definition) is 4. The summed E-state index contributed by atoms with van der Waals surface area (Å²) in [6, 6.07) is 6.21. The van der Waals surface area contributed by atoms with Crippen LogP contribution in [0.1, 0.15) is 25.8 Å². The fraction of sp³-hybridized carbons (Fsp3) is 0.500. The Morgan fingerprint density at radius 3 is 2.86 bits per heavy atom. The number of benzene rings is 1. The second kappa shape index (κ2) is 4.75. The normalized spacial score (nSPS) is 37.3. The molecule has 0 spiro atoms. The van der Waals surface area contributed by atoms with Crippen LogP contribution in [0, 0.1) is 34.3 Å². The average molecular weight is 305 g/mol. The highest BCUT2D eigenvalue weighted by atomic mass is 19.2. The second-order valence-electron chi connectivity index (χ2n) is 6.29. The van der Waals surface area contributed by atoms with E-state index in [9.17, 15) is 14.0 Å². The standard InChI is InChI=1S/C16H17F2N3O/c1-9-11-6-15(2,7-19)14(20)21-16(11,8-22-9)10-4-3-5-12(17)13(10)18/h3-5,9,11H,6,8H2,1-2H3,(H2,20,21)/t9-,11-,15+,16-/m1/s1. The lowest BCUT2D eigenvalue weighted by molar-refractivity contribution is 0.0996. The van der Waals surface area contributed by atoms with Crippen LogP contribution < -0.4 is 5.73 Å². The number of halogens is 2. The van der Waals surface area contributed by atoms with Gasteiger partial charge in [-0.15, -0.1) is 0 Å². The Morgan fingerprint density at radius 2 is 2.18 bits per heavy atom. The molecule has 22 heavy (non-hydrogen) atoms. The predicted octanol–water partition coefficient (Wildman–Crippen LogP) is 2.49. The maximum atomic E-state index is 14.3. The van der Waals surface area contributed by atoms with Crippen molar-refractivity contribution in [3.05, 3.63) is 35.4 Å². The molecule has 2 aliphatic rings. The lowest BCUT2D eigenvalue weighted by Crippen LogP contribution is -2.49. The number of rotatable bonds is 1. The molecule has 1 fully saturated rings. The Bertz CT molecular complexity index is 699. The van der Waals surface area contributed by atoms with Gasteiger partial charge in [0.1, 0.15) is 16.8 Å². The largest absolute Gasteiger partial charge is 0.386 e. The van der Waals surface area contributed by atoms with E-state index in [2.05, 4.69) is 11.1 Å². The van der Waals surface area contributed by atoms with E-state index in [0.29, 0.717) is 6.42 Å². The van der Waals surface area contributed by atoms with Gasteiger partial charge in [0.05, 0.1) is 18.8 Å². The van der Waals surface area contributed by atoms with E-state index in [-0.39, 0.29) is 30.0 Å². The number of amidine groups is 1. The molecule has 1 aromatic carbocycles. The first-order valence-corrected chi connectivity index (χ1v) is 7.17. The van der Waals surface area contributed by atoms with Crippen LogP contribution in [0.2, 0.25) is 0 Å². The predicted molar refractivity (Wildman–Crippen MR) is 76.9 cm³/mol. The van der Waals surface area contributed by atoms with Gasteiger partial charge in [0.15, 0.2) is 11.6 Å². The summed E-state index contributed by atoms with van der Waals surface area (Å²) in [4.78, 5) is 4.46. The Labute approximate surface area is 127 Å². The van der Waals surface area contributed by atoms with Crippen molar-refractivity contribution in [2.45, 2.75) is 31.9 Å². The zero-order valence-corrected chi connectivity index (χ0v) is 12.4. The van der Waals surface area contributed by atoms with Gasteiger partial charge in [-0.1, -0.05) is 12.1 Å². The van der Waals surface area contributed by atoms with Crippen molar-refractivity contribution in [2.75, 3.05) is 6.61 Å². The van der Waals surface area contributed by atoms with E-state index < -0.39 is 22.6 Å². The third-order valence-corrected chi connectivity index (χ3v) is 4.92. The Morgan fingerprint density at radius 1 is 1.45 bits per heavy atom. The van der Waals surface area contributed by atoms with Gasteiger partial charge in [0.25, 0.3) is 0 Å². The van der Waals surface area contributed by atoms with E-state index in [1.54, 1.807) is 6.92 Å². The number of hydrogen-bond donors (Lipinski definition) is 1. The molecule has 1 aromatic rings. The average Bonchev–Trinajstić information content (AvgIpc) is 2.80. The summed E-state index contributed by atoms with van der Waals surface area (Å²) in [5.74, 6) is -1.94. The molecule has 4 atom stereocenters. The fourth-order valence-electron chi connectivity index (χ4n) is 3.48. The van der Waals surface area contributed by atoms with Crippen molar-refractivity contribution in [2.24, 2.45) is 22.1 Å². The molecule has 2 aliphatic heterocycles. The van der Waals surface area contributed by atoms with Gasteiger partial charge in [-0.25, -0.2) is 8.78 Å². The second-order valence-corrected chi connectivity index (χ2v) is 6.29. The van der Waals surface area contributed by atoms with Gasteiger partial charge >= 0.3 is 0 Å². The van der Waals surface area contributed by atoms with E-state index in [1.807, 2.05) is 6.92 Å². The van der Waals surface area contributed by atoms with E-state index >= 15 is 0 Å². The molecule has 6 heteroatoms. The minimum atomic E-state index is -1.06. The van der Waals surface area contributed by atoms with Crippen molar-refractivity contribution in [1.29, 1.82) is 5.26 Å². The molecule has 0 amide bonds. The van der Waals surface area contributed by atoms with Gasteiger partial charge in [-0.2, -0.15) is 5.26 Å². The maximum Gasteiger partial charge on any atom is 0.164 e. The molecule has 0 saturated carbocycles. The molecule has 1 saturated heterocycles. The Kier molecular flexibility index (Phi) is 3.22. The van der Waals surface area contributed by atoms with Crippen molar-refractivity contribution in [3.8, 4) is 6.07 Å². The van der Waals surface area contributed by atoms with E-state index in [0.717, 1.165) is 6.07 Å².